The lowest BCUT2D eigenvalue weighted by molar-refractivity contribution is -0.303. The molecule has 0 spiro atoms. The van der Waals surface area contributed by atoms with Gasteiger partial charge in [0.05, 0.1) is 6.61 Å². The van der Waals surface area contributed by atoms with E-state index in [2.05, 4.69) is 4.74 Å². The van der Waals surface area contributed by atoms with Crippen LogP contribution >= 0.6 is 0 Å². The Morgan fingerprint density at radius 3 is 2.11 bits per heavy atom. The van der Waals surface area contributed by atoms with Crippen LogP contribution in [0.2, 0.25) is 0 Å². The van der Waals surface area contributed by atoms with Gasteiger partial charge in [-0.05, 0) is 6.92 Å². The summed E-state index contributed by atoms with van der Waals surface area (Å²) < 4.78 is 4.25. The van der Waals surface area contributed by atoms with E-state index < -0.39 is 42.3 Å². The molecule has 10 heteroatoms. The molecule has 18 heavy (non-hydrogen) atoms. The van der Waals surface area contributed by atoms with Crippen LogP contribution in [0, 0.1) is 0 Å². The fourth-order valence-electron chi connectivity index (χ4n) is 0.815. The van der Waals surface area contributed by atoms with Gasteiger partial charge in [0.15, 0.2) is 6.10 Å². The van der Waals surface area contributed by atoms with Crippen molar-refractivity contribution in [3.05, 3.63) is 11.5 Å². The number of hydrogen-bond acceptors (Lipinski definition) is 8. The molecule has 1 aliphatic rings. The predicted molar refractivity (Wildman–Crippen MR) is 55.3 cm³/mol. The summed E-state index contributed by atoms with van der Waals surface area (Å²) in [7, 11) is 0. The molecule has 1 heterocycles. The number of hydrogen-bond donors (Lipinski definition) is 5. The number of cyclic esters (lactones) is 1. The number of rotatable bonds is 2. The van der Waals surface area contributed by atoms with Crippen LogP contribution in [0.3, 0.4) is 0 Å². The van der Waals surface area contributed by atoms with Gasteiger partial charge in [0.2, 0.25) is 0 Å². The lowest BCUT2D eigenvalue weighted by Crippen LogP contribution is -2.31. The smallest absolute Gasteiger partial charge is 0.327 e. The molecule has 0 saturated carbocycles. The quantitative estimate of drug-likeness (QED) is 0.322. The van der Waals surface area contributed by atoms with E-state index in [4.69, 9.17) is 25.2 Å². The fourth-order valence-corrected chi connectivity index (χ4v) is 0.815. The van der Waals surface area contributed by atoms with Crippen molar-refractivity contribution >= 4 is 11.9 Å². The number of quaternary nitrogens is 2. The van der Waals surface area contributed by atoms with Crippen LogP contribution in [0.5, 0.6) is 0 Å². The summed E-state index contributed by atoms with van der Waals surface area (Å²) in [4.78, 5) is 19.4. The Morgan fingerprint density at radius 2 is 1.89 bits per heavy atom. The van der Waals surface area contributed by atoms with E-state index >= 15 is 0 Å². The van der Waals surface area contributed by atoms with Gasteiger partial charge in [-0.2, -0.15) is 0 Å². The molecule has 0 amide bonds. The second kappa shape index (κ2) is 9.18. The van der Waals surface area contributed by atoms with Crippen molar-refractivity contribution in [2.45, 2.75) is 19.1 Å². The molecule has 0 unspecified atom stereocenters. The first-order valence-corrected chi connectivity index (χ1v) is 4.08. The molecule has 0 fully saturated rings. The fraction of sp³-hybridized carbons (Fsp3) is 0.500. The molecule has 0 aromatic heterocycles. The minimum atomic E-state index is -1.46. The second-order valence-corrected chi connectivity index (χ2v) is 2.78. The Bertz CT molecular complexity index is 312. The summed E-state index contributed by atoms with van der Waals surface area (Å²) in [6, 6.07) is 0. The molecule has 0 radical (unpaired) electrons. The molecular formula is C8H18N2O8. The summed E-state index contributed by atoms with van der Waals surface area (Å²) in [5.74, 6) is -4.33. The molecule has 1 rings (SSSR count). The number of aliphatic hydroxyl groups excluding tert-OH is 3. The van der Waals surface area contributed by atoms with Crippen molar-refractivity contribution < 1.29 is 39.9 Å². The van der Waals surface area contributed by atoms with E-state index in [0.29, 0.717) is 0 Å². The summed E-state index contributed by atoms with van der Waals surface area (Å²) in [6.45, 7) is 0.273. The lowest BCUT2D eigenvalue weighted by Gasteiger charge is -2.14. The highest BCUT2D eigenvalue weighted by atomic mass is 16.6. The third-order valence-corrected chi connectivity index (χ3v) is 1.46. The standard InChI is InChI=1S/C6H8O6.C2H4O2.2H3N/c7-1-2(8)5-3(9)4(10)6(11)12-5;1-2(3)4;;/h2,5,7-10H,1H2;1H3,(H,3,4);2*1H3/t2-,5+;;;/m0.../s1. The van der Waals surface area contributed by atoms with Crippen LogP contribution in [0.25, 0.3) is 0 Å². The van der Waals surface area contributed by atoms with Gasteiger partial charge in [-0.15, -0.1) is 0 Å². The van der Waals surface area contributed by atoms with E-state index in [0.717, 1.165) is 6.92 Å². The maximum atomic E-state index is 10.6. The third kappa shape index (κ3) is 6.00. The van der Waals surface area contributed by atoms with Crippen LogP contribution in [0.4, 0.5) is 0 Å². The summed E-state index contributed by atoms with van der Waals surface area (Å²) in [5, 5.41) is 45.7. The zero-order valence-corrected chi connectivity index (χ0v) is 10.2. The van der Waals surface area contributed by atoms with Gasteiger partial charge < -0.3 is 47.4 Å². The first kappa shape index (κ1) is 21.4. The SMILES string of the molecule is CC(=O)[O-].O=C1O[C@H]([C@@H](O)CO)C(O)=C1[O-].[NH4+].[NH4+]. The average Bonchev–Trinajstić information content (AvgIpc) is 2.44. The molecule has 0 bridgehead atoms. The van der Waals surface area contributed by atoms with Gasteiger partial charge in [0, 0.05) is 11.7 Å². The summed E-state index contributed by atoms with van der Waals surface area (Å²) in [5.41, 5.74) is 0. The minimum absolute atomic E-state index is 0. The summed E-state index contributed by atoms with van der Waals surface area (Å²) >= 11 is 0. The predicted octanol–water partition coefficient (Wildman–Crippen LogP) is -3.10. The molecule has 10 nitrogen and oxygen atoms in total. The topological polar surface area (TPSA) is 223 Å². The Balaban J connectivity index is -0.000000332. The largest absolute Gasteiger partial charge is 0.865 e. The van der Waals surface area contributed by atoms with Gasteiger partial charge in [-0.25, -0.2) is 4.79 Å². The normalized spacial score (nSPS) is 18.6. The van der Waals surface area contributed by atoms with Gasteiger partial charge in [0.1, 0.15) is 11.9 Å². The number of esters is 1. The molecule has 1 aliphatic heterocycles. The van der Waals surface area contributed by atoms with Gasteiger partial charge in [-0.3, -0.25) is 0 Å². The van der Waals surface area contributed by atoms with Crippen LogP contribution < -0.4 is 22.5 Å². The molecule has 0 aliphatic carbocycles. The van der Waals surface area contributed by atoms with Crippen molar-refractivity contribution in [1.82, 2.24) is 12.3 Å². The number of ether oxygens (including phenoxy) is 1. The number of aliphatic carboxylic acids is 1. The van der Waals surface area contributed by atoms with E-state index in [-0.39, 0.29) is 12.3 Å². The Kier molecular flexibility index (Phi) is 10.9. The van der Waals surface area contributed by atoms with Gasteiger partial charge in [-0.1, -0.05) is 0 Å². The van der Waals surface area contributed by atoms with E-state index in [1.54, 1.807) is 0 Å². The lowest BCUT2D eigenvalue weighted by atomic mass is 10.2. The van der Waals surface area contributed by atoms with Crippen LogP contribution in [0.15, 0.2) is 11.5 Å². The number of carbonyl (C=O) groups excluding carboxylic acids is 2. The Morgan fingerprint density at radius 1 is 1.50 bits per heavy atom. The van der Waals surface area contributed by atoms with E-state index in [1.807, 2.05) is 0 Å². The van der Waals surface area contributed by atoms with Crippen LogP contribution in [-0.2, 0) is 14.3 Å². The van der Waals surface area contributed by atoms with E-state index in [9.17, 15) is 9.90 Å². The van der Waals surface area contributed by atoms with Gasteiger partial charge in [0.25, 0.3) is 0 Å². The molecule has 0 aromatic carbocycles. The zero-order chi connectivity index (χ0) is 12.9. The number of carbonyl (C=O) groups is 2. The average molecular weight is 270 g/mol. The van der Waals surface area contributed by atoms with Crippen molar-refractivity contribution in [1.29, 1.82) is 0 Å². The maximum Gasteiger partial charge on any atom is 0.327 e. The second-order valence-electron chi connectivity index (χ2n) is 2.78. The van der Waals surface area contributed by atoms with E-state index in [1.165, 1.54) is 0 Å². The third-order valence-electron chi connectivity index (χ3n) is 1.46. The highest BCUT2D eigenvalue weighted by Gasteiger charge is 2.34. The molecular weight excluding hydrogens is 252 g/mol. The number of carboxylic acid groups (broad SMARTS) is 1. The molecule has 11 N–H and O–H groups in total. The highest BCUT2D eigenvalue weighted by Crippen LogP contribution is 2.19. The first-order valence-electron chi connectivity index (χ1n) is 4.08. The number of carboxylic acids is 1. The molecule has 108 valence electrons. The zero-order valence-electron chi connectivity index (χ0n) is 10.2. The van der Waals surface area contributed by atoms with Gasteiger partial charge >= 0.3 is 5.97 Å². The minimum Gasteiger partial charge on any atom is -0.865 e. The molecule has 0 saturated heterocycles. The first-order chi connectivity index (χ1) is 7.31. The highest BCUT2D eigenvalue weighted by molar-refractivity contribution is 5.88. The van der Waals surface area contributed by atoms with Crippen molar-refractivity contribution in [2.75, 3.05) is 6.61 Å². The Labute approximate surface area is 102 Å². The molecule has 2 atom stereocenters. The molecule has 0 aromatic rings. The Hall–Kier alpha value is -1.88. The van der Waals surface area contributed by atoms with Crippen molar-refractivity contribution in [2.24, 2.45) is 0 Å². The summed E-state index contributed by atoms with van der Waals surface area (Å²) in [6.07, 6.45) is -2.88. The monoisotopic (exact) mass is 270 g/mol. The maximum absolute atomic E-state index is 10.6. The van der Waals surface area contributed by atoms with Crippen LogP contribution in [0.1, 0.15) is 6.92 Å². The van der Waals surface area contributed by atoms with Crippen molar-refractivity contribution in [3.63, 3.8) is 0 Å². The van der Waals surface area contributed by atoms with Crippen molar-refractivity contribution in [3.8, 4) is 0 Å². The van der Waals surface area contributed by atoms with Crippen LogP contribution in [-0.4, -0.2) is 46.1 Å². The number of aliphatic hydroxyl groups is 3.